The van der Waals surface area contributed by atoms with Crippen LogP contribution >= 0.6 is 0 Å². The summed E-state index contributed by atoms with van der Waals surface area (Å²) in [4.78, 5) is 0. The van der Waals surface area contributed by atoms with Crippen molar-refractivity contribution in [2.24, 2.45) is 0 Å². The van der Waals surface area contributed by atoms with Gasteiger partial charge in [0.15, 0.2) is 0 Å². The Morgan fingerprint density at radius 3 is 2.82 bits per heavy atom. The molecule has 0 bridgehead atoms. The summed E-state index contributed by atoms with van der Waals surface area (Å²) in [6, 6.07) is 8.82. The number of furan rings is 1. The number of rotatable bonds is 5. The van der Waals surface area contributed by atoms with Gasteiger partial charge in [-0.3, -0.25) is 0 Å². The highest BCUT2D eigenvalue weighted by atomic mass is 19.1. The highest BCUT2D eigenvalue weighted by Gasteiger charge is 2.06. The Balaban J connectivity index is 2.12. The first-order valence-corrected chi connectivity index (χ1v) is 5.84. The van der Waals surface area contributed by atoms with Crippen molar-refractivity contribution in [1.82, 2.24) is 5.32 Å². The van der Waals surface area contributed by atoms with E-state index in [0.29, 0.717) is 17.9 Å². The van der Waals surface area contributed by atoms with E-state index in [2.05, 4.69) is 12.2 Å². The molecule has 0 aliphatic heterocycles. The maximum Gasteiger partial charge on any atom is 0.133 e. The van der Waals surface area contributed by atoms with Gasteiger partial charge in [-0.05, 0) is 31.2 Å². The van der Waals surface area contributed by atoms with E-state index in [4.69, 9.17) is 4.42 Å². The summed E-state index contributed by atoms with van der Waals surface area (Å²) in [5.41, 5.74) is 1.46. The Morgan fingerprint density at radius 2 is 2.18 bits per heavy atom. The summed E-state index contributed by atoms with van der Waals surface area (Å²) < 4.78 is 19.0. The molecule has 3 heteroatoms. The van der Waals surface area contributed by atoms with Gasteiger partial charge in [-0.2, -0.15) is 0 Å². The van der Waals surface area contributed by atoms with Gasteiger partial charge in [-0.1, -0.05) is 19.1 Å². The van der Waals surface area contributed by atoms with E-state index in [1.807, 2.05) is 12.1 Å². The van der Waals surface area contributed by atoms with Crippen LogP contribution in [0, 0.1) is 5.82 Å². The third kappa shape index (κ3) is 2.94. The molecule has 2 nitrogen and oxygen atoms in total. The molecule has 2 rings (SSSR count). The van der Waals surface area contributed by atoms with Crippen molar-refractivity contribution in [2.75, 3.05) is 6.54 Å². The van der Waals surface area contributed by atoms with Gasteiger partial charge in [-0.15, -0.1) is 0 Å². The average Bonchev–Trinajstić information content (AvgIpc) is 2.85. The molecule has 1 N–H and O–H groups in total. The van der Waals surface area contributed by atoms with E-state index < -0.39 is 0 Å². The lowest BCUT2D eigenvalue weighted by Gasteiger charge is -2.06. The van der Waals surface area contributed by atoms with E-state index in [-0.39, 0.29) is 5.82 Å². The van der Waals surface area contributed by atoms with Gasteiger partial charge in [-0.25, -0.2) is 4.39 Å². The lowest BCUT2D eigenvalue weighted by Crippen LogP contribution is -2.14. The van der Waals surface area contributed by atoms with E-state index >= 15 is 0 Å². The zero-order valence-electron chi connectivity index (χ0n) is 9.87. The Bertz CT molecular complexity index is 465. The quantitative estimate of drug-likeness (QED) is 0.798. The average molecular weight is 233 g/mol. The zero-order valence-corrected chi connectivity index (χ0v) is 9.87. The Morgan fingerprint density at radius 1 is 1.29 bits per heavy atom. The standard InChI is InChI=1S/C14H16FNO/c1-2-7-16-10-12-6-5-11(9-13(12)15)14-4-3-8-17-14/h3-6,8-9,16H,2,7,10H2,1H3. The van der Waals surface area contributed by atoms with Crippen molar-refractivity contribution >= 4 is 0 Å². The van der Waals surface area contributed by atoms with E-state index in [9.17, 15) is 4.39 Å². The lowest BCUT2D eigenvalue weighted by molar-refractivity contribution is 0.574. The molecule has 0 fully saturated rings. The van der Waals surface area contributed by atoms with Gasteiger partial charge in [0.1, 0.15) is 11.6 Å². The topological polar surface area (TPSA) is 25.2 Å². The molecule has 90 valence electrons. The summed E-state index contributed by atoms with van der Waals surface area (Å²) >= 11 is 0. The van der Waals surface area contributed by atoms with E-state index in [1.165, 1.54) is 6.07 Å². The van der Waals surface area contributed by atoms with E-state index in [1.54, 1.807) is 18.4 Å². The third-order valence-corrected chi connectivity index (χ3v) is 2.60. The molecule has 0 aliphatic carbocycles. The number of benzene rings is 1. The maximum absolute atomic E-state index is 13.8. The fraction of sp³-hybridized carbons (Fsp3) is 0.286. The molecule has 0 saturated carbocycles. The van der Waals surface area contributed by atoms with Crippen LogP contribution in [0.4, 0.5) is 4.39 Å². The van der Waals surface area contributed by atoms with Crippen LogP contribution in [0.25, 0.3) is 11.3 Å². The Hall–Kier alpha value is -1.61. The molecule has 0 unspecified atom stereocenters. The molecule has 1 heterocycles. The molecule has 0 amide bonds. The van der Waals surface area contributed by atoms with Crippen molar-refractivity contribution in [1.29, 1.82) is 0 Å². The molecular formula is C14H16FNO. The van der Waals surface area contributed by atoms with Crippen LogP contribution in [0.15, 0.2) is 41.0 Å². The van der Waals surface area contributed by atoms with Crippen LogP contribution < -0.4 is 5.32 Å². The predicted octanol–water partition coefficient (Wildman–Crippen LogP) is 3.59. The minimum Gasteiger partial charge on any atom is -0.464 e. The molecule has 17 heavy (non-hydrogen) atoms. The number of hydrogen-bond donors (Lipinski definition) is 1. The molecule has 0 saturated heterocycles. The highest BCUT2D eigenvalue weighted by molar-refractivity contribution is 5.57. The predicted molar refractivity (Wildman–Crippen MR) is 66.1 cm³/mol. The molecule has 0 spiro atoms. The Labute approximate surface area is 100 Å². The first-order valence-electron chi connectivity index (χ1n) is 5.84. The summed E-state index contributed by atoms with van der Waals surface area (Å²) in [6.45, 7) is 3.56. The van der Waals surface area contributed by atoms with Gasteiger partial charge >= 0.3 is 0 Å². The molecule has 1 aromatic carbocycles. The van der Waals surface area contributed by atoms with Crippen LogP contribution in [0.3, 0.4) is 0 Å². The number of halogens is 1. The lowest BCUT2D eigenvalue weighted by atomic mass is 10.1. The number of hydrogen-bond acceptors (Lipinski definition) is 2. The molecule has 0 aliphatic rings. The second-order valence-electron chi connectivity index (χ2n) is 3.96. The van der Waals surface area contributed by atoms with Gasteiger partial charge in [0.25, 0.3) is 0 Å². The van der Waals surface area contributed by atoms with Crippen molar-refractivity contribution in [3.8, 4) is 11.3 Å². The largest absolute Gasteiger partial charge is 0.464 e. The van der Waals surface area contributed by atoms with Crippen molar-refractivity contribution in [3.63, 3.8) is 0 Å². The third-order valence-electron chi connectivity index (χ3n) is 2.60. The van der Waals surface area contributed by atoms with Gasteiger partial charge in [0, 0.05) is 17.7 Å². The van der Waals surface area contributed by atoms with Gasteiger partial charge in [0.05, 0.1) is 6.26 Å². The van der Waals surface area contributed by atoms with Crippen LogP contribution in [-0.2, 0) is 6.54 Å². The molecule has 0 radical (unpaired) electrons. The molecule has 1 aromatic heterocycles. The summed E-state index contributed by atoms with van der Waals surface area (Å²) in [5.74, 6) is 0.500. The summed E-state index contributed by atoms with van der Waals surface area (Å²) in [7, 11) is 0. The molecule has 2 aromatic rings. The van der Waals surface area contributed by atoms with E-state index in [0.717, 1.165) is 18.5 Å². The first kappa shape index (κ1) is 11.9. The van der Waals surface area contributed by atoms with Crippen molar-refractivity contribution in [2.45, 2.75) is 19.9 Å². The monoisotopic (exact) mass is 233 g/mol. The zero-order chi connectivity index (χ0) is 12.1. The summed E-state index contributed by atoms with van der Waals surface area (Å²) in [5, 5.41) is 3.18. The van der Waals surface area contributed by atoms with Crippen LogP contribution in [-0.4, -0.2) is 6.54 Å². The highest BCUT2D eigenvalue weighted by Crippen LogP contribution is 2.22. The normalized spacial score (nSPS) is 10.7. The summed E-state index contributed by atoms with van der Waals surface area (Å²) in [6.07, 6.45) is 2.63. The Kier molecular flexibility index (Phi) is 3.94. The fourth-order valence-corrected chi connectivity index (χ4v) is 1.69. The molecular weight excluding hydrogens is 217 g/mol. The molecule has 0 atom stereocenters. The van der Waals surface area contributed by atoms with Crippen LogP contribution in [0.5, 0.6) is 0 Å². The van der Waals surface area contributed by atoms with Gasteiger partial charge < -0.3 is 9.73 Å². The van der Waals surface area contributed by atoms with Crippen molar-refractivity contribution < 1.29 is 8.81 Å². The minimum absolute atomic E-state index is 0.192. The SMILES string of the molecule is CCCNCc1ccc(-c2ccco2)cc1F. The number of nitrogens with one attached hydrogen (secondary N) is 1. The van der Waals surface area contributed by atoms with Crippen LogP contribution in [0.2, 0.25) is 0 Å². The van der Waals surface area contributed by atoms with Gasteiger partial charge in [0.2, 0.25) is 0 Å². The first-order chi connectivity index (χ1) is 8.31. The minimum atomic E-state index is -0.192. The maximum atomic E-state index is 13.8. The fourth-order valence-electron chi connectivity index (χ4n) is 1.69. The van der Waals surface area contributed by atoms with Crippen molar-refractivity contribution in [3.05, 3.63) is 48.0 Å². The second kappa shape index (κ2) is 5.64. The van der Waals surface area contributed by atoms with Crippen LogP contribution in [0.1, 0.15) is 18.9 Å². The second-order valence-corrected chi connectivity index (χ2v) is 3.96. The smallest absolute Gasteiger partial charge is 0.133 e.